The Morgan fingerprint density at radius 3 is 2.94 bits per heavy atom. The Bertz CT molecular complexity index is 357. The monoisotopic (exact) mass is 257 g/mol. The van der Waals surface area contributed by atoms with E-state index >= 15 is 0 Å². The standard InChI is InChI=1S/C11H16ClN3S/c1-2-15(6-4-11(13)16)8-9-3-5-14-7-10(9)12/h3,5,7H,2,4,6,8H2,1H3,(H2,13,16). The molecule has 5 heteroatoms. The van der Waals surface area contributed by atoms with Crippen molar-refractivity contribution in [1.82, 2.24) is 9.88 Å². The predicted molar refractivity (Wildman–Crippen MR) is 71.6 cm³/mol. The number of hydrogen-bond donors (Lipinski definition) is 1. The van der Waals surface area contributed by atoms with Gasteiger partial charge in [0, 0.05) is 31.9 Å². The third-order valence-electron chi connectivity index (χ3n) is 2.37. The third-order valence-corrected chi connectivity index (χ3v) is 2.92. The summed E-state index contributed by atoms with van der Waals surface area (Å²) in [5.41, 5.74) is 6.57. The molecule has 0 saturated heterocycles. The molecule has 0 fully saturated rings. The zero-order valence-electron chi connectivity index (χ0n) is 9.32. The molecule has 2 N–H and O–H groups in total. The number of pyridine rings is 1. The highest BCUT2D eigenvalue weighted by Crippen LogP contribution is 2.15. The van der Waals surface area contributed by atoms with Gasteiger partial charge in [-0.15, -0.1) is 0 Å². The zero-order valence-corrected chi connectivity index (χ0v) is 10.9. The van der Waals surface area contributed by atoms with Gasteiger partial charge in [0.05, 0.1) is 10.0 Å². The van der Waals surface area contributed by atoms with Crippen LogP contribution in [0.25, 0.3) is 0 Å². The van der Waals surface area contributed by atoms with E-state index in [-0.39, 0.29) is 0 Å². The Morgan fingerprint density at radius 2 is 2.38 bits per heavy atom. The summed E-state index contributed by atoms with van der Waals surface area (Å²) in [5.74, 6) is 0. The van der Waals surface area contributed by atoms with Crippen molar-refractivity contribution in [3.8, 4) is 0 Å². The quantitative estimate of drug-likeness (QED) is 0.794. The average molecular weight is 258 g/mol. The third kappa shape index (κ3) is 4.43. The van der Waals surface area contributed by atoms with Crippen LogP contribution in [0.2, 0.25) is 5.02 Å². The summed E-state index contributed by atoms with van der Waals surface area (Å²) in [5, 5.41) is 0.705. The molecule has 0 aliphatic heterocycles. The minimum absolute atomic E-state index is 0.555. The van der Waals surface area contributed by atoms with Crippen molar-refractivity contribution in [1.29, 1.82) is 0 Å². The molecule has 0 unspecified atom stereocenters. The normalized spacial score (nSPS) is 10.7. The molecule has 16 heavy (non-hydrogen) atoms. The van der Waals surface area contributed by atoms with Gasteiger partial charge in [0.1, 0.15) is 0 Å². The highest BCUT2D eigenvalue weighted by molar-refractivity contribution is 7.80. The lowest BCUT2D eigenvalue weighted by Crippen LogP contribution is -2.27. The van der Waals surface area contributed by atoms with E-state index in [1.54, 1.807) is 12.4 Å². The largest absolute Gasteiger partial charge is 0.393 e. The zero-order chi connectivity index (χ0) is 12.0. The number of hydrogen-bond acceptors (Lipinski definition) is 3. The fraction of sp³-hybridized carbons (Fsp3) is 0.455. The maximum Gasteiger partial charge on any atom is 0.0740 e. The van der Waals surface area contributed by atoms with Crippen LogP contribution in [0.4, 0.5) is 0 Å². The van der Waals surface area contributed by atoms with E-state index in [2.05, 4.69) is 16.8 Å². The summed E-state index contributed by atoms with van der Waals surface area (Å²) in [6.45, 7) is 4.72. The molecular weight excluding hydrogens is 242 g/mol. The van der Waals surface area contributed by atoms with Gasteiger partial charge in [-0.2, -0.15) is 0 Å². The lowest BCUT2D eigenvalue weighted by molar-refractivity contribution is 0.288. The second-order valence-electron chi connectivity index (χ2n) is 3.55. The number of thiocarbonyl (C=S) groups is 1. The summed E-state index contributed by atoms with van der Waals surface area (Å²) in [6, 6.07) is 1.94. The molecule has 0 bridgehead atoms. The maximum atomic E-state index is 6.05. The van der Waals surface area contributed by atoms with Crippen LogP contribution in [-0.4, -0.2) is 28.0 Å². The molecule has 1 aromatic rings. The molecule has 0 aliphatic rings. The van der Waals surface area contributed by atoms with Crippen molar-refractivity contribution in [2.45, 2.75) is 19.9 Å². The van der Waals surface area contributed by atoms with E-state index in [9.17, 15) is 0 Å². The van der Waals surface area contributed by atoms with Crippen molar-refractivity contribution in [3.05, 3.63) is 29.0 Å². The van der Waals surface area contributed by atoms with Crippen LogP contribution in [0.3, 0.4) is 0 Å². The van der Waals surface area contributed by atoms with Crippen molar-refractivity contribution in [2.75, 3.05) is 13.1 Å². The average Bonchev–Trinajstić information content (AvgIpc) is 2.26. The van der Waals surface area contributed by atoms with Crippen molar-refractivity contribution in [2.24, 2.45) is 5.73 Å². The fourth-order valence-electron chi connectivity index (χ4n) is 1.39. The Balaban J connectivity index is 2.56. The number of rotatable bonds is 6. The minimum atomic E-state index is 0.555. The first-order chi connectivity index (χ1) is 7.63. The summed E-state index contributed by atoms with van der Waals surface area (Å²) in [6.07, 6.45) is 4.16. The summed E-state index contributed by atoms with van der Waals surface area (Å²) in [7, 11) is 0. The SMILES string of the molecule is CCN(CCC(N)=S)Cc1ccncc1Cl. The molecule has 0 radical (unpaired) electrons. The van der Waals surface area contributed by atoms with Gasteiger partial charge in [-0.05, 0) is 18.2 Å². The van der Waals surface area contributed by atoms with Gasteiger partial charge < -0.3 is 5.73 Å². The predicted octanol–water partition coefficient (Wildman–Crippen LogP) is 2.23. The van der Waals surface area contributed by atoms with Crippen molar-refractivity contribution in [3.63, 3.8) is 0 Å². The smallest absolute Gasteiger partial charge is 0.0740 e. The van der Waals surface area contributed by atoms with Gasteiger partial charge in [-0.1, -0.05) is 30.7 Å². The van der Waals surface area contributed by atoms with Crippen LogP contribution in [-0.2, 0) is 6.54 Å². The Labute approximate surface area is 107 Å². The first-order valence-corrected chi connectivity index (χ1v) is 6.01. The number of halogens is 1. The van der Waals surface area contributed by atoms with Crippen molar-refractivity contribution < 1.29 is 0 Å². The van der Waals surface area contributed by atoms with Crippen LogP contribution < -0.4 is 5.73 Å². The molecule has 0 aromatic carbocycles. The van der Waals surface area contributed by atoms with E-state index in [4.69, 9.17) is 29.6 Å². The number of nitrogens with two attached hydrogens (primary N) is 1. The van der Waals surface area contributed by atoms with Gasteiger partial charge in [-0.25, -0.2) is 0 Å². The summed E-state index contributed by atoms with van der Waals surface area (Å²) in [4.78, 5) is 6.77. The molecule has 0 spiro atoms. The Hall–Kier alpha value is -0.710. The first-order valence-electron chi connectivity index (χ1n) is 5.22. The number of nitrogens with zero attached hydrogens (tertiary/aromatic N) is 2. The van der Waals surface area contributed by atoms with Crippen LogP contribution in [0.15, 0.2) is 18.5 Å². The lowest BCUT2D eigenvalue weighted by Gasteiger charge is -2.20. The Morgan fingerprint density at radius 1 is 1.62 bits per heavy atom. The van der Waals surface area contributed by atoms with Gasteiger partial charge in [-0.3, -0.25) is 9.88 Å². The molecule has 0 saturated carbocycles. The van der Waals surface area contributed by atoms with Gasteiger partial charge in [0.2, 0.25) is 0 Å². The van der Waals surface area contributed by atoms with E-state index in [1.165, 1.54) is 0 Å². The molecular formula is C11H16ClN3S. The van der Waals surface area contributed by atoms with Crippen LogP contribution >= 0.6 is 23.8 Å². The topological polar surface area (TPSA) is 42.1 Å². The molecule has 88 valence electrons. The van der Waals surface area contributed by atoms with Gasteiger partial charge in [0.25, 0.3) is 0 Å². The summed E-state index contributed by atoms with van der Waals surface area (Å²) < 4.78 is 0. The lowest BCUT2D eigenvalue weighted by atomic mass is 10.2. The molecule has 0 atom stereocenters. The highest BCUT2D eigenvalue weighted by Gasteiger charge is 2.06. The molecule has 0 amide bonds. The van der Waals surface area contributed by atoms with E-state index in [1.807, 2.05) is 6.07 Å². The minimum Gasteiger partial charge on any atom is -0.393 e. The second kappa shape index (κ2) is 6.78. The molecule has 0 aliphatic carbocycles. The van der Waals surface area contributed by atoms with Gasteiger partial charge >= 0.3 is 0 Å². The molecule has 1 aromatic heterocycles. The molecule has 1 heterocycles. The Kier molecular flexibility index (Phi) is 5.66. The molecule has 3 nitrogen and oxygen atoms in total. The van der Waals surface area contributed by atoms with E-state index in [0.717, 1.165) is 31.6 Å². The molecule has 1 rings (SSSR count). The highest BCUT2D eigenvalue weighted by atomic mass is 35.5. The van der Waals surface area contributed by atoms with Gasteiger partial charge in [0.15, 0.2) is 0 Å². The fourth-order valence-corrected chi connectivity index (χ4v) is 1.66. The van der Waals surface area contributed by atoms with Crippen molar-refractivity contribution >= 4 is 28.8 Å². The second-order valence-corrected chi connectivity index (χ2v) is 4.48. The first kappa shape index (κ1) is 13.4. The van der Waals surface area contributed by atoms with Crippen LogP contribution in [0.1, 0.15) is 18.9 Å². The summed E-state index contributed by atoms with van der Waals surface area (Å²) >= 11 is 10.9. The number of aromatic nitrogens is 1. The maximum absolute atomic E-state index is 6.05. The van der Waals surface area contributed by atoms with Crippen LogP contribution in [0, 0.1) is 0 Å². The van der Waals surface area contributed by atoms with Crippen LogP contribution in [0.5, 0.6) is 0 Å². The van der Waals surface area contributed by atoms with E-state index in [0.29, 0.717) is 10.0 Å². The van der Waals surface area contributed by atoms with E-state index < -0.39 is 0 Å².